The van der Waals surface area contributed by atoms with Gasteiger partial charge >= 0.3 is 6.18 Å². The third-order valence-electron chi connectivity index (χ3n) is 3.00. The average molecular weight is 271 g/mol. The van der Waals surface area contributed by atoms with Crippen LogP contribution in [0.2, 0.25) is 0 Å². The van der Waals surface area contributed by atoms with E-state index in [0.717, 1.165) is 18.6 Å². The fraction of sp³-hybridized carbons (Fsp3) is 0.538. The van der Waals surface area contributed by atoms with Gasteiger partial charge in [0.2, 0.25) is 0 Å². The second kappa shape index (κ2) is 5.47. The van der Waals surface area contributed by atoms with Crippen LogP contribution in [0.4, 0.5) is 19.0 Å². The van der Waals surface area contributed by atoms with Gasteiger partial charge in [0.25, 0.3) is 0 Å². The molecule has 0 spiro atoms. The summed E-state index contributed by atoms with van der Waals surface area (Å²) in [4.78, 5) is 3.49. The van der Waals surface area contributed by atoms with Crippen LogP contribution in [0.25, 0.3) is 0 Å². The van der Waals surface area contributed by atoms with Crippen LogP contribution in [0.1, 0.15) is 38.4 Å². The standard InChI is InChI=1S/C13H16F3N3/c1-4-12(2,3)8-18-11-9(7-17)5-6-10(19-11)13(14,15)16/h5-6H,4,8H2,1-3H3,(H,18,19). The van der Waals surface area contributed by atoms with Crippen LogP contribution >= 0.6 is 0 Å². The predicted octanol–water partition coefficient (Wildman–Crippen LogP) is 3.82. The molecule has 1 aromatic heterocycles. The van der Waals surface area contributed by atoms with Crippen LogP contribution in [0.5, 0.6) is 0 Å². The maximum absolute atomic E-state index is 12.6. The molecule has 1 rings (SSSR count). The van der Waals surface area contributed by atoms with Gasteiger partial charge in [-0.05, 0) is 24.0 Å². The molecule has 0 saturated carbocycles. The van der Waals surface area contributed by atoms with Crippen molar-refractivity contribution in [1.82, 2.24) is 4.98 Å². The number of pyridine rings is 1. The number of rotatable bonds is 4. The maximum Gasteiger partial charge on any atom is 0.433 e. The lowest BCUT2D eigenvalue weighted by molar-refractivity contribution is -0.141. The molecule has 0 bridgehead atoms. The highest BCUT2D eigenvalue weighted by Gasteiger charge is 2.33. The van der Waals surface area contributed by atoms with Crippen molar-refractivity contribution < 1.29 is 13.2 Å². The monoisotopic (exact) mass is 271 g/mol. The SMILES string of the molecule is CCC(C)(C)CNc1nc(C(F)(F)F)ccc1C#N. The van der Waals surface area contributed by atoms with Gasteiger partial charge in [-0.2, -0.15) is 18.4 Å². The van der Waals surface area contributed by atoms with Crippen molar-refractivity contribution in [2.24, 2.45) is 5.41 Å². The Morgan fingerprint density at radius 2 is 1.95 bits per heavy atom. The maximum atomic E-state index is 12.6. The van der Waals surface area contributed by atoms with Gasteiger partial charge in [0.15, 0.2) is 0 Å². The van der Waals surface area contributed by atoms with E-state index in [9.17, 15) is 13.2 Å². The molecular weight excluding hydrogens is 255 g/mol. The molecule has 0 aromatic carbocycles. The Balaban J connectivity index is 3.01. The van der Waals surface area contributed by atoms with Gasteiger partial charge in [0, 0.05) is 6.54 Å². The third-order valence-corrected chi connectivity index (χ3v) is 3.00. The number of nitriles is 1. The molecule has 6 heteroatoms. The topological polar surface area (TPSA) is 48.7 Å². The van der Waals surface area contributed by atoms with Crippen LogP contribution in [-0.2, 0) is 6.18 Å². The van der Waals surface area contributed by atoms with Crippen LogP contribution in [0, 0.1) is 16.7 Å². The van der Waals surface area contributed by atoms with E-state index in [1.807, 2.05) is 26.8 Å². The molecular formula is C13H16F3N3. The summed E-state index contributed by atoms with van der Waals surface area (Å²) in [5.41, 5.74) is -0.967. The highest BCUT2D eigenvalue weighted by molar-refractivity contribution is 5.52. The highest BCUT2D eigenvalue weighted by atomic mass is 19.4. The Kier molecular flexibility index (Phi) is 4.40. The molecule has 104 valence electrons. The van der Waals surface area contributed by atoms with E-state index in [1.165, 1.54) is 0 Å². The van der Waals surface area contributed by atoms with Crippen LogP contribution in [0.3, 0.4) is 0 Å². The second-order valence-corrected chi connectivity index (χ2v) is 5.07. The van der Waals surface area contributed by atoms with Gasteiger partial charge in [-0.3, -0.25) is 0 Å². The summed E-state index contributed by atoms with van der Waals surface area (Å²) in [6.07, 6.45) is -3.65. The van der Waals surface area contributed by atoms with Crippen molar-refractivity contribution >= 4 is 5.82 Å². The van der Waals surface area contributed by atoms with Gasteiger partial charge in [-0.15, -0.1) is 0 Å². The van der Waals surface area contributed by atoms with E-state index in [2.05, 4.69) is 10.3 Å². The van der Waals surface area contributed by atoms with Crippen molar-refractivity contribution in [2.45, 2.75) is 33.4 Å². The van der Waals surface area contributed by atoms with Gasteiger partial charge in [0.1, 0.15) is 17.6 Å². The minimum Gasteiger partial charge on any atom is -0.368 e. The van der Waals surface area contributed by atoms with E-state index in [4.69, 9.17) is 5.26 Å². The first-order valence-electron chi connectivity index (χ1n) is 5.92. The molecule has 0 amide bonds. The van der Waals surface area contributed by atoms with Crippen molar-refractivity contribution in [3.63, 3.8) is 0 Å². The van der Waals surface area contributed by atoms with E-state index in [0.29, 0.717) is 6.54 Å². The molecule has 3 nitrogen and oxygen atoms in total. The first-order valence-corrected chi connectivity index (χ1v) is 5.92. The van der Waals surface area contributed by atoms with Crippen LogP contribution in [-0.4, -0.2) is 11.5 Å². The average Bonchev–Trinajstić information content (AvgIpc) is 2.35. The van der Waals surface area contributed by atoms with Gasteiger partial charge in [-0.25, -0.2) is 4.98 Å². The summed E-state index contributed by atoms with van der Waals surface area (Å²) in [5.74, 6) is -0.0150. The van der Waals surface area contributed by atoms with Crippen molar-refractivity contribution in [3.05, 3.63) is 23.4 Å². The summed E-state index contributed by atoms with van der Waals surface area (Å²) >= 11 is 0. The smallest absolute Gasteiger partial charge is 0.368 e. The van der Waals surface area contributed by atoms with Gasteiger partial charge in [0.05, 0.1) is 5.56 Å². The predicted molar refractivity (Wildman–Crippen MR) is 66.5 cm³/mol. The second-order valence-electron chi connectivity index (χ2n) is 5.07. The molecule has 0 unspecified atom stereocenters. The number of halogens is 3. The lowest BCUT2D eigenvalue weighted by Crippen LogP contribution is -2.23. The van der Waals surface area contributed by atoms with Gasteiger partial charge in [-0.1, -0.05) is 20.8 Å². The molecule has 0 aliphatic heterocycles. The molecule has 1 N–H and O–H groups in total. The summed E-state index contributed by atoms with van der Waals surface area (Å²) < 4.78 is 37.7. The van der Waals surface area contributed by atoms with Gasteiger partial charge < -0.3 is 5.32 Å². The fourth-order valence-corrected chi connectivity index (χ4v) is 1.29. The molecule has 1 heterocycles. The van der Waals surface area contributed by atoms with E-state index < -0.39 is 11.9 Å². The van der Waals surface area contributed by atoms with Crippen molar-refractivity contribution in [2.75, 3.05) is 11.9 Å². The molecule has 0 aliphatic carbocycles. The Bertz CT molecular complexity index is 487. The largest absolute Gasteiger partial charge is 0.433 e. The number of nitrogens with one attached hydrogen (secondary N) is 1. The fourth-order valence-electron chi connectivity index (χ4n) is 1.29. The lowest BCUT2D eigenvalue weighted by atomic mass is 9.90. The molecule has 19 heavy (non-hydrogen) atoms. The lowest BCUT2D eigenvalue weighted by Gasteiger charge is -2.23. The first kappa shape index (κ1) is 15.3. The molecule has 0 saturated heterocycles. The molecule has 0 fully saturated rings. The number of hydrogen-bond acceptors (Lipinski definition) is 3. The van der Waals surface area contributed by atoms with Crippen LogP contribution in [0.15, 0.2) is 12.1 Å². The van der Waals surface area contributed by atoms with Crippen molar-refractivity contribution in [1.29, 1.82) is 5.26 Å². The number of alkyl halides is 3. The zero-order chi connectivity index (χ0) is 14.7. The van der Waals surface area contributed by atoms with E-state index >= 15 is 0 Å². The normalized spacial score (nSPS) is 12.1. The molecule has 0 aliphatic rings. The highest BCUT2D eigenvalue weighted by Crippen LogP contribution is 2.30. The van der Waals surface area contributed by atoms with Crippen LogP contribution < -0.4 is 5.32 Å². The third kappa shape index (κ3) is 4.12. The number of anilines is 1. The number of nitrogens with zero attached hydrogens (tertiary/aromatic N) is 2. The molecule has 0 radical (unpaired) electrons. The number of aromatic nitrogens is 1. The Hall–Kier alpha value is -1.77. The Morgan fingerprint density at radius 3 is 2.42 bits per heavy atom. The Morgan fingerprint density at radius 1 is 1.32 bits per heavy atom. The van der Waals surface area contributed by atoms with E-state index in [-0.39, 0.29) is 16.8 Å². The zero-order valence-electron chi connectivity index (χ0n) is 11.1. The number of hydrogen-bond donors (Lipinski definition) is 1. The Labute approximate surface area is 110 Å². The summed E-state index contributed by atoms with van der Waals surface area (Å²) in [5, 5.41) is 11.7. The molecule has 0 atom stereocenters. The minimum atomic E-state index is -4.51. The van der Waals surface area contributed by atoms with E-state index in [1.54, 1.807) is 0 Å². The minimum absolute atomic E-state index is 0.0150. The zero-order valence-corrected chi connectivity index (χ0v) is 11.1. The molecule has 1 aromatic rings. The first-order chi connectivity index (χ1) is 8.69. The quantitative estimate of drug-likeness (QED) is 0.905. The van der Waals surface area contributed by atoms with Crippen molar-refractivity contribution in [3.8, 4) is 6.07 Å². The summed E-state index contributed by atoms with van der Waals surface area (Å²) in [6.45, 7) is 6.41. The summed E-state index contributed by atoms with van der Waals surface area (Å²) in [7, 11) is 0. The summed E-state index contributed by atoms with van der Waals surface area (Å²) in [6, 6.07) is 3.79.